The summed E-state index contributed by atoms with van der Waals surface area (Å²) in [5.74, 6) is 0.924. The quantitative estimate of drug-likeness (QED) is 0.800. The van der Waals surface area contributed by atoms with Crippen LogP contribution in [0.2, 0.25) is 0 Å². The van der Waals surface area contributed by atoms with E-state index in [2.05, 4.69) is 24.3 Å². The number of ether oxygens (including phenoxy) is 1. The normalized spacial score (nSPS) is 10.9. The fourth-order valence-electron chi connectivity index (χ4n) is 1.35. The lowest BCUT2D eigenvalue weighted by molar-refractivity contribution is 0.242. The number of nitrogens with zero attached hydrogens (tertiary/aromatic N) is 1. The Labute approximate surface area is 98.4 Å². The summed E-state index contributed by atoms with van der Waals surface area (Å²) in [7, 11) is 4.14. The van der Waals surface area contributed by atoms with Gasteiger partial charge in [0.2, 0.25) is 0 Å². The first-order valence-electron chi connectivity index (χ1n) is 5.73. The lowest BCUT2D eigenvalue weighted by atomic mass is 10.3. The van der Waals surface area contributed by atoms with E-state index < -0.39 is 0 Å². The van der Waals surface area contributed by atoms with Crippen molar-refractivity contribution in [2.75, 3.05) is 32.5 Å². The van der Waals surface area contributed by atoms with Crippen LogP contribution < -0.4 is 10.1 Å². The minimum atomic E-state index is 0.229. The van der Waals surface area contributed by atoms with Gasteiger partial charge in [-0.25, -0.2) is 0 Å². The third kappa shape index (κ3) is 5.03. The van der Waals surface area contributed by atoms with Crippen molar-refractivity contribution in [3.8, 4) is 5.75 Å². The average Bonchev–Trinajstić information content (AvgIpc) is 2.19. The van der Waals surface area contributed by atoms with Gasteiger partial charge in [0.25, 0.3) is 0 Å². The molecular weight excluding hydrogens is 200 g/mol. The minimum absolute atomic E-state index is 0.229. The minimum Gasteiger partial charge on any atom is -0.491 e. The second-order valence-electron chi connectivity index (χ2n) is 4.42. The van der Waals surface area contributed by atoms with E-state index in [1.165, 1.54) is 0 Å². The van der Waals surface area contributed by atoms with Gasteiger partial charge in [0.1, 0.15) is 5.75 Å². The molecular formula is C13H22N2O. The monoisotopic (exact) mass is 222 g/mol. The van der Waals surface area contributed by atoms with Gasteiger partial charge in [-0.3, -0.25) is 0 Å². The second kappa shape index (κ2) is 6.38. The van der Waals surface area contributed by atoms with Gasteiger partial charge in [0, 0.05) is 18.8 Å². The third-order valence-electron chi connectivity index (χ3n) is 2.11. The number of hydrogen-bond acceptors (Lipinski definition) is 3. The van der Waals surface area contributed by atoms with Crippen LogP contribution in [0.15, 0.2) is 24.3 Å². The summed E-state index contributed by atoms with van der Waals surface area (Å²) in [6.45, 7) is 6.05. The summed E-state index contributed by atoms with van der Waals surface area (Å²) in [5, 5.41) is 3.36. The fourth-order valence-corrected chi connectivity index (χ4v) is 1.35. The number of nitrogens with one attached hydrogen (secondary N) is 1. The topological polar surface area (TPSA) is 24.5 Å². The summed E-state index contributed by atoms with van der Waals surface area (Å²) in [6.07, 6.45) is 0.229. The van der Waals surface area contributed by atoms with E-state index in [-0.39, 0.29) is 6.10 Å². The Bertz CT molecular complexity index is 293. The Morgan fingerprint density at radius 2 is 1.81 bits per heavy atom. The summed E-state index contributed by atoms with van der Waals surface area (Å²) < 4.78 is 5.58. The van der Waals surface area contributed by atoms with Gasteiger partial charge in [0.15, 0.2) is 0 Å². The molecule has 0 atom stereocenters. The number of likely N-dealkylation sites (N-methyl/N-ethyl adjacent to an activating group) is 1. The van der Waals surface area contributed by atoms with Gasteiger partial charge >= 0.3 is 0 Å². The lowest BCUT2D eigenvalue weighted by Crippen LogP contribution is -2.20. The third-order valence-corrected chi connectivity index (χ3v) is 2.11. The van der Waals surface area contributed by atoms with Crippen LogP contribution in [-0.2, 0) is 0 Å². The Morgan fingerprint density at radius 3 is 2.31 bits per heavy atom. The Kier molecular flexibility index (Phi) is 5.12. The molecule has 0 amide bonds. The van der Waals surface area contributed by atoms with Crippen LogP contribution >= 0.6 is 0 Å². The maximum atomic E-state index is 5.58. The molecule has 0 spiro atoms. The molecule has 0 aliphatic carbocycles. The van der Waals surface area contributed by atoms with Crippen molar-refractivity contribution in [1.82, 2.24) is 4.90 Å². The van der Waals surface area contributed by atoms with Crippen LogP contribution in [0, 0.1) is 0 Å². The maximum Gasteiger partial charge on any atom is 0.119 e. The smallest absolute Gasteiger partial charge is 0.119 e. The molecule has 3 heteroatoms. The highest BCUT2D eigenvalue weighted by molar-refractivity contribution is 5.46. The predicted molar refractivity (Wildman–Crippen MR) is 69.2 cm³/mol. The summed E-state index contributed by atoms with van der Waals surface area (Å²) in [5.41, 5.74) is 1.14. The predicted octanol–water partition coefficient (Wildman–Crippen LogP) is 2.45. The van der Waals surface area contributed by atoms with Crippen LogP contribution in [0.5, 0.6) is 5.75 Å². The maximum absolute atomic E-state index is 5.58. The highest BCUT2D eigenvalue weighted by Crippen LogP contribution is 2.16. The van der Waals surface area contributed by atoms with E-state index in [4.69, 9.17) is 4.74 Å². The zero-order valence-electron chi connectivity index (χ0n) is 10.7. The van der Waals surface area contributed by atoms with Gasteiger partial charge in [-0.15, -0.1) is 0 Å². The molecule has 3 nitrogen and oxygen atoms in total. The molecule has 0 aromatic heterocycles. The number of benzene rings is 1. The van der Waals surface area contributed by atoms with Crippen molar-refractivity contribution in [1.29, 1.82) is 0 Å². The van der Waals surface area contributed by atoms with Crippen LogP contribution in [-0.4, -0.2) is 38.2 Å². The molecule has 16 heavy (non-hydrogen) atoms. The average molecular weight is 222 g/mol. The largest absolute Gasteiger partial charge is 0.491 e. The van der Waals surface area contributed by atoms with Crippen molar-refractivity contribution in [2.45, 2.75) is 20.0 Å². The number of hydrogen-bond donors (Lipinski definition) is 1. The van der Waals surface area contributed by atoms with Crippen molar-refractivity contribution < 1.29 is 4.74 Å². The van der Waals surface area contributed by atoms with Gasteiger partial charge in [-0.2, -0.15) is 0 Å². The molecule has 0 aliphatic rings. The molecule has 0 fully saturated rings. The number of rotatable bonds is 6. The van der Waals surface area contributed by atoms with Gasteiger partial charge < -0.3 is 15.0 Å². The van der Waals surface area contributed by atoms with E-state index >= 15 is 0 Å². The van der Waals surface area contributed by atoms with Crippen LogP contribution in [0.25, 0.3) is 0 Å². The molecule has 1 N–H and O–H groups in total. The Morgan fingerprint density at radius 1 is 1.19 bits per heavy atom. The summed E-state index contributed by atoms with van der Waals surface area (Å²) in [4.78, 5) is 2.16. The molecule has 0 aliphatic heterocycles. The van der Waals surface area contributed by atoms with Gasteiger partial charge in [-0.05, 0) is 52.2 Å². The molecule has 0 unspecified atom stereocenters. The first-order valence-corrected chi connectivity index (χ1v) is 5.73. The zero-order chi connectivity index (χ0) is 12.0. The molecule has 0 heterocycles. The second-order valence-corrected chi connectivity index (χ2v) is 4.42. The van der Waals surface area contributed by atoms with E-state index in [1.54, 1.807) is 0 Å². The first kappa shape index (κ1) is 12.8. The van der Waals surface area contributed by atoms with Gasteiger partial charge in [-0.1, -0.05) is 0 Å². The molecule has 0 saturated heterocycles. The van der Waals surface area contributed by atoms with Crippen LogP contribution in [0.1, 0.15) is 13.8 Å². The van der Waals surface area contributed by atoms with E-state index in [9.17, 15) is 0 Å². The van der Waals surface area contributed by atoms with Crippen molar-refractivity contribution in [3.63, 3.8) is 0 Å². The van der Waals surface area contributed by atoms with Crippen LogP contribution in [0.3, 0.4) is 0 Å². The van der Waals surface area contributed by atoms with Crippen molar-refractivity contribution in [3.05, 3.63) is 24.3 Å². The first-order chi connectivity index (χ1) is 7.58. The summed E-state index contributed by atoms with van der Waals surface area (Å²) >= 11 is 0. The van der Waals surface area contributed by atoms with Crippen LogP contribution in [0.4, 0.5) is 5.69 Å². The molecule has 1 aromatic rings. The fraction of sp³-hybridized carbons (Fsp3) is 0.538. The van der Waals surface area contributed by atoms with Crippen molar-refractivity contribution in [2.24, 2.45) is 0 Å². The summed E-state index contributed by atoms with van der Waals surface area (Å²) in [6, 6.07) is 8.09. The highest BCUT2D eigenvalue weighted by Gasteiger charge is 1.97. The Balaban J connectivity index is 2.39. The van der Waals surface area contributed by atoms with E-state index in [1.807, 2.05) is 38.1 Å². The SMILES string of the molecule is CC(C)Oc1ccc(NCCN(C)C)cc1. The molecule has 90 valence electrons. The molecule has 0 radical (unpaired) electrons. The van der Waals surface area contributed by atoms with E-state index in [0.717, 1.165) is 24.5 Å². The highest BCUT2D eigenvalue weighted by atomic mass is 16.5. The molecule has 0 bridgehead atoms. The standard InChI is InChI=1S/C13H22N2O/c1-11(2)16-13-7-5-12(6-8-13)14-9-10-15(3)4/h5-8,11,14H,9-10H2,1-4H3. The molecule has 1 rings (SSSR count). The van der Waals surface area contributed by atoms with Crippen molar-refractivity contribution >= 4 is 5.69 Å². The molecule has 1 aromatic carbocycles. The number of anilines is 1. The molecule has 0 saturated carbocycles. The van der Waals surface area contributed by atoms with Gasteiger partial charge in [0.05, 0.1) is 6.10 Å². The zero-order valence-corrected chi connectivity index (χ0v) is 10.7. The van der Waals surface area contributed by atoms with E-state index in [0.29, 0.717) is 0 Å². The Hall–Kier alpha value is -1.22. The lowest BCUT2D eigenvalue weighted by Gasteiger charge is -2.13.